The van der Waals surface area contributed by atoms with Crippen LogP contribution in [-0.2, 0) is 0 Å². The zero-order valence-electron chi connectivity index (χ0n) is 12.0. The van der Waals surface area contributed by atoms with Gasteiger partial charge in [-0.1, -0.05) is 6.07 Å². The Balaban J connectivity index is 2.66. The summed E-state index contributed by atoms with van der Waals surface area (Å²) in [6.45, 7) is 0. The number of ketones is 1. The minimum Gasteiger partial charge on any atom is -0.507 e. The third kappa shape index (κ3) is 2.84. The minimum absolute atomic E-state index is 0.00912. The average Bonchev–Trinajstić information content (AvgIpc) is 2.52. The van der Waals surface area contributed by atoms with Crippen molar-refractivity contribution >= 4 is 18.0 Å². The molecule has 118 valence electrons. The number of benzene rings is 2. The lowest BCUT2D eigenvalue weighted by Gasteiger charge is -2.11. The summed E-state index contributed by atoms with van der Waals surface area (Å²) in [4.78, 5) is 35.3. The van der Waals surface area contributed by atoms with E-state index in [9.17, 15) is 29.7 Å². The van der Waals surface area contributed by atoms with E-state index in [1.807, 2.05) is 0 Å². The number of hydrogen-bond donors (Lipinski definition) is 4. The highest BCUT2D eigenvalue weighted by atomic mass is 16.3. The molecular formula is C16H13NO6. The number of carbonyl (C=O) groups is 3. The summed E-state index contributed by atoms with van der Waals surface area (Å²) in [6.07, 6.45) is 0.302. The van der Waals surface area contributed by atoms with Crippen molar-refractivity contribution in [1.29, 1.82) is 0 Å². The van der Waals surface area contributed by atoms with Crippen molar-refractivity contribution in [3.8, 4) is 17.2 Å². The van der Waals surface area contributed by atoms with Gasteiger partial charge in [0.25, 0.3) is 5.91 Å². The van der Waals surface area contributed by atoms with E-state index in [-0.39, 0.29) is 11.1 Å². The first-order chi connectivity index (χ1) is 10.9. The zero-order valence-corrected chi connectivity index (χ0v) is 12.0. The molecule has 2 aromatic carbocycles. The maximum atomic E-state index is 12.5. The van der Waals surface area contributed by atoms with Gasteiger partial charge >= 0.3 is 0 Å². The van der Waals surface area contributed by atoms with Gasteiger partial charge in [-0.2, -0.15) is 0 Å². The zero-order chi connectivity index (χ0) is 17.1. The van der Waals surface area contributed by atoms with Crippen LogP contribution in [-0.4, -0.2) is 40.3 Å². The van der Waals surface area contributed by atoms with Gasteiger partial charge in [0.15, 0.2) is 6.29 Å². The highest BCUT2D eigenvalue weighted by Crippen LogP contribution is 2.33. The molecule has 0 heterocycles. The number of nitrogens with one attached hydrogen (secondary N) is 1. The van der Waals surface area contributed by atoms with Crippen LogP contribution in [0.5, 0.6) is 17.2 Å². The van der Waals surface area contributed by atoms with E-state index in [0.29, 0.717) is 6.29 Å². The maximum Gasteiger partial charge on any atom is 0.251 e. The Morgan fingerprint density at radius 2 is 1.61 bits per heavy atom. The third-order valence-electron chi connectivity index (χ3n) is 3.24. The molecule has 7 heteroatoms. The summed E-state index contributed by atoms with van der Waals surface area (Å²) in [5.74, 6) is -3.10. The van der Waals surface area contributed by atoms with Gasteiger partial charge in [-0.05, 0) is 24.3 Å². The van der Waals surface area contributed by atoms with Crippen LogP contribution in [0, 0.1) is 0 Å². The molecule has 4 N–H and O–H groups in total. The molecule has 0 aliphatic rings. The van der Waals surface area contributed by atoms with Gasteiger partial charge in [-0.25, -0.2) is 0 Å². The number of phenolic OH excluding ortho intramolecular Hbond substituents is 3. The van der Waals surface area contributed by atoms with Crippen LogP contribution in [0.15, 0.2) is 30.3 Å². The fraction of sp³-hybridized carbons (Fsp3) is 0.0625. The Hall–Kier alpha value is -3.35. The van der Waals surface area contributed by atoms with Gasteiger partial charge in [0.2, 0.25) is 5.78 Å². The van der Waals surface area contributed by atoms with E-state index in [2.05, 4.69) is 5.32 Å². The average molecular weight is 315 g/mol. The van der Waals surface area contributed by atoms with E-state index in [0.717, 1.165) is 12.1 Å². The van der Waals surface area contributed by atoms with Gasteiger partial charge in [0, 0.05) is 18.2 Å². The Morgan fingerprint density at radius 1 is 1.00 bits per heavy atom. The molecule has 0 aliphatic heterocycles. The summed E-state index contributed by atoms with van der Waals surface area (Å²) < 4.78 is 0. The van der Waals surface area contributed by atoms with Gasteiger partial charge in [0.1, 0.15) is 22.8 Å². The molecule has 2 rings (SSSR count). The van der Waals surface area contributed by atoms with Gasteiger partial charge in [-0.3, -0.25) is 14.4 Å². The third-order valence-corrected chi connectivity index (χ3v) is 3.24. The molecular weight excluding hydrogens is 302 g/mol. The Labute approximate surface area is 130 Å². The molecule has 0 saturated heterocycles. The Kier molecular flexibility index (Phi) is 4.31. The number of phenols is 3. The molecule has 7 nitrogen and oxygen atoms in total. The summed E-state index contributed by atoms with van der Waals surface area (Å²) in [5, 5.41) is 31.9. The molecule has 0 aliphatic carbocycles. The van der Waals surface area contributed by atoms with Crippen molar-refractivity contribution < 1.29 is 29.7 Å². The van der Waals surface area contributed by atoms with Gasteiger partial charge in [-0.15, -0.1) is 0 Å². The molecule has 0 atom stereocenters. The summed E-state index contributed by atoms with van der Waals surface area (Å²) >= 11 is 0. The first kappa shape index (κ1) is 16.0. The molecule has 0 saturated carbocycles. The molecule has 0 unspecified atom stereocenters. The second-order valence-electron chi connectivity index (χ2n) is 4.66. The molecule has 2 aromatic rings. The highest BCUT2D eigenvalue weighted by molar-refractivity contribution is 6.17. The van der Waals surface area contributed by atoms with Crippen molar-refractivity contribution in [1.82, 2.24) is 5.32 Å². The predicted octanol–water partition coefficient (Wildman–Crippen LogP) is 1.21. The summed E-state index contributed by atoms with van der Waals surface area (Å²) in [5.41, 5.74) is -1.11. The minimum atomic E-state index is -0.941. The first-order valence-electron chi connectivity index (χ1n) is 6.50. The summed E-state index contributed by atoms with van der Waals surface area (Å²) in [6, 6.07) is 5.86. The lowest BCUT2D eigenvalue weighted by atomic mass is 9.94. The van der Waals surface area contributed by atoms with E-state index < -0.39 is 40.1 Å². The number of aromatic hydroxyl groups is 3. The Morgan fingerprint density at radius 3 is 2.13 bits per heavy atom. The number of aldehydes is 1. The molecule has 0 radical (unpaired) electrons. The molecule has 0 fully saturated rings. The standard InChI is InChI=1S/C16H13NO6/c1-17-16(23)8-5-9(7-18)13(12(21)6-8)15(22)14-10(19)3-2-4-11(14)20/h2-7,19-21H,1H3,(H,17,23). The van der Waals surface area contributed by atoms with E-state index in [4.69, 9.17) is 0 Å². The molecule has 1 amide bonds. The molecule has 0 spiro atoms. The van der Waals surface area contributed by atoms with Crippen LogP contribution >= 0.6 is 0 Å². The predicted molar refractivity (Wildman–Crippen MR) is 80.1 cm³/mol. The second kappa shape index (κ2) is 6.18. The maximum absolute atomic E-state index is 12.5. The van der Waals surface area contributed by atoms with Gasteiger partial charge < -0.3 is 20.6 Å². The van der Waals surface area contributed by atoms with Crippen molar-refractivity contribution in [2.45, 2.75) is 0 Å². The highest BCUT2D eigenvalue weighted by Gasteiger charge is 2.25. The molecule has 0 bridgehead atoms. The van der Waals surface area contributed by atoms with Crippen molar-refractivity contribution in [2.75, 3.05) is 7.05 Å². The lowest BCUT2D eigenvalue weighted by molar-refractivity contribution is 0.0960. The molecule has 0 aromatic heterocycles. The Bertz CT molecular complexity index is 792. The van der Waals surface area contributed by atoms with Crippen molar-refractivity contribution in [3.63, 3.8) is 0 Å². The van der Waals surface area contributed by atoms with Crippen LogP contribution in [0.2, 0.25) is 0 Å². The van der Waals surface area contributed by atoms with Crippen molar-refractivity contribution in [3.05, 3.63) is 52.6 Å². The number of rotatable bonds is 4. The number of amides is 1. The SMILES string of the molecule is CNC(=O)c1cc(O)c(C(=O)c2c(O)cccc2O)c(C=O)c1. The van der Waals surface area contributed by atoms with E-state index in [1.54, 1.807) is 0 Å². The smallest absolute Gasteiger partial charge is 0.251 e. The van der Waals surface area contributed by atoms with Crippen LogP contribution < -0.4 is 5.32 Å². The van der Waals surface area contributed by atoms with Crippen LogP contribution in [0.4, 0.5) is 0 Å². The van der Waals surface area contributed by atoms with Crippen LogP contribution in [0.1, 0.15) is 36.6 Å². The number of hydrogen-bond acceptors (Lipinski definition) is 6. The van der Waals surface area contributed by atoms with Crippen LogP contribution in [0.3, 0.4) is 0 Å². The van der Waals surface area contributed by atoms with E-state index >= 15 is 0 Å². The number of carbonyl (C=O) groups excluding carboxylic acids is 3. The van der Waals surface area contributed by atoms with Gasteiger partial charge in [0.05, 0.1) is 5.56 Å². The van der Waals surface area contributed by atoms with E-state index in [1.165, 1.54) is 25.2 Å². The monoisotopic (exact) mass is 315 g/mol. The topological polar surface area (TPSA) is 124 Å². The first-order valence-corrected chi connectivity index (χ1v) is 6.50. The second-order valence-corrected chi connectivity index (χ2v) is 4.66. The largest absolute Gasteiger partial charge is 0.507 e. The fourth-order valence-electron chi connectivity index (χ4n) is 2.15. The lowest BCUT2D eigenvalue weighted by Crippen LogP contribution is -2.18. The van der Waals surface area contributed by atoms with Crippen molar-refractivity contribution in [2.24, 2.45) is 0 Å². The normalized spacial score (nSPS) is 10.1. The van der Waals surface area contributed by atoms with Crippen LogP contribution in [0.25, 0.3) is 0 Å². The summed E-state index contributed by atoms with van der Waals surface area (Å²) in [7, 11) is 1.37. The quantitative estimate of drug-likeness (QED) is 0.496. The fourth-order valence-corrected chi connectivity index (χ4v) is 2.15. The molecule has 23 heavy (non-hydrogen) atoms.